The van der Waals surface area contributed by atoms with Crippen LogP contribution in [0.4, 0.5) is 5.69 Å². The molecule has 2 rings (SSSR count). The molecule has 0 aliphatic rings. The van der Waals surface area contributed by atoms with E-state index in [2.05, 4.69) is 5.32 Å². The molecule has 0 radical (unpaired) electrons. The van der Waals surface area contributed by atoms with Crippen LogP contribution in [-0.2, 0) is 6.54 Å². The van der Waals surface area contributed by atoms with Gasteiger partial charge < -0.3 is 5.32 Å². The Hall–Kier alpha value is -0.890. The Balaban J connectivity index is 2.11. The fourth-order valence-corrected chi connectivity index (χ4v) is 2.15. The molecule has 0 saturated carbocycles. The van der Waals surface area contributed by atoms with Crippen LogP contribution in [0.5, 0.6) is 0 Å². The second-order valence-corrected chi connectivity index (χ2v) is 5.22. The van der Waals surface area contributed by atoms with E-state index in [0.717, 1.165) is 21.8 Å². The molecule has 0 aliphatic heterocycles. The number of hydrogen-bond donors (Lipinski definition) is 1. The van der Waals surface area contributed by atoms with Gasteiger partial charge in [-0.3, -0.25) is 0 Å². The van der Waals surface area contributed by atoms with Crippen molar-refractivity contribution in [2.24, 2.45) is 0 Å². The Labute approximate surface area is 122 Å². The van der Waals surface area contributed by atoms with E-state index in [1.807, 2.05) is 37.3 Å². The number of halogens is 3. The van der Waals surface area contributed by atoms with Crippen molar-refractivity contribution in [1.82, 2.24) is 0 Å². The van der Waals surface area contributed by atoms with E-state index in [9.17, 15) is 0 Å². The summed E-state index contributed by atoms with van der Waals surface area (Å²) in [5, 5.41) is 5.17. The molecule has 0 aromatic heterocycles. The van der Waals surface area contributed by atoms with E-state index in [0.29, 0.717) is 16.6 Å². The molecular weight excluding hydrogens is 289 g/mol. The van der Waals surface area contributed by atoms with Gasteiger partial charge in [0, 0.05) is 17.3 Å². The molecule has 1 N–H and O–H groups in total. The average Bonchev–Trinajstić information content (AvgIpc) is 2.35. The molecule has 0 unspecified atom stereocenters. The SMILES string of the molecule is Cc1ccc(NCc2cccc(Cl)c2Cl)cc1Cl. The first-order valence-electron chi connectivity index (χ1n) is 5.51. The molecule has 1 nitrogen and oxygen atoms in total. The summed E-state index contributed by atoms with van der Waals surface area (Å²) in [5.74, 6) is 0. The normalized spacial score (nSPS) is 10.4. The molecule has 2 aromatic carbocycles. The smallest absolute Gasteiger partial charge is 0.0642 e. The standard InChI is InChI=1S/C14H12Cl3N/c1-9-5-6-11(7-13(9)16)18-8-10-3-2-4-12(15)14(10)17/h2-7,18H,8H2,1H3. The van der Waals surface area contributed by atoms with Gasteiger partial charge in [0.05, 0.1) is 10.0 Å². The fourth-order valence-electron chi connectivity index (χ4n) is 1.59. The van der Waals surface area contributed by atoms with Crippen molar-refractivity contribution in [1.29, 1.82) is 0 Å². The van der Waals surface area contributed by atoms with Crippen LogP contribution < -0.4 is 5.32 Å². The highest BCUT2D eigenvalue weighted by Gasteiger charge is 2.04. The molecule has 18 heavy (non-hydrogen) atoms. The van der Waals surface area contributed by atoms with E-state index < -0.39 is 0 Å². The summed E-state index contributed by atoms with van der Waals surface area (Å²) in [4.78, 5) is 0. The molecule has 4 heteroatoms. The molecule has 0 spiro atoms. The van der Waals surface area contributed by atoms with Gasteiger partial charge in [0.2, 0.25) is 0 Å². The van der Waals surface area contributed by atoms with Gasteiger partial charge in [-0.05, 0) is 36.2 Å². The molecule has 0 atom stereocenters. The van der Waals surface area contributed by atoms with Crippen LogP contribution in [0.1, 0.15) is 11.1 Å². The van der Waals surface area contributed by atoms with Gasteiger partial charge in [0.25, 0.3) is 0 Å². The predicted molar refractivity (Wildman–Crippen MR) is 80.0 cm³/mol. The Morgan fingerprint density at radius 3 is 2.50 bits per heavy atom. The quantitative estimate of drug-likeness (QED) is 0.781. The first-order valence-corrected chi connectivity index (χ1v) is 6.64. The molecule has 94 valence electrons. The van der Waals surface area contributed by atoms with Crippen molar-refractivity contribution in [2.75, 3.05) is 5.32 Å². The Morgan fingerprint density at radius 1 is 1.00 bits per heavy atom. The second-order valence-electron chi connectivity index (χ2n) is 4.03. The molecular formula is C14H12Cl3N. The van der Waals surface area contributed by atoms with E-state index in [1.165, 1.54) is 0 Å². The van der Waals surface area contributed by atoms with Crippen molar-refractivity contribution in [3.8, 4) is 0 Å². The van der Waals surface area contributed by atoms with Gasteiger partial charge in [-0.1, -0.05) is 53.0 Å². The minimum absolute atomic E-state index is 0.568. The molecule has 0 saturated heterocycles. The Bertz CT molecular complexity index is 567. The molecule has 0 aliphatic carbocycles. The number of benzene rings is 2. The molecule has 0 heterocycles. The summed E-state index contributed by atoms with van der Waals surface area (Å²) in [6.07, 6.45) is 0. The topological polar surface area (TPSA) is 12.0 Å². The van der Waals surface area contributed by atoms with Crippen molar-refractivity contribution in [3.63, 3.8) is 0 Å². The van der Waals surface area contributed by atoms with Crippen molar-refractivity contribution >= 4 is 40.5 Å². The highest BCUT2D eigenvalue weighted by molar-refractivity contribution is 6.42. The van der Waals surface area contributed by atoms with Crippen LogP contribution in [0.15, 0.2) is 36.4 Å². The van der Waals surface area contributed by atoms with Crippen LogP contribution >= 0.6 is 34.8 Å². The summed E-state index contributed by atoms with van der Waals surface area (Å²) in [7, 11) is 0. The first kappa shape index (κ1) is 13.5. The van der Waals surface area contributed by atoms with Gasteiger partial charge in [-0.2, -0.15) is 0 Å². The lowest BCUT2D eigenvalue weighted by atomic mass is 10.2. The summed E-state index contributed by atoms with van der Waals surface area (Å²) in [6, 6.07) is 11.5. The third-order valence-electron chi connectivity index (χ3n) is 2.69. The van der Waals surface area contributed by atoms with Crippen LogP contribution in [0.2, 0.25) is 15.1 Å². The number of hydrogen-bond acceptors (Lipinski definition) is 1. The zero-order valence-electron chi connectivity index (χ0n) is 9.81. The van der Waals surface area contributed by atoms with Crippen LogP contribution in [0.25, 0.3) is 0 Å². The maximum Gasteiger partial charge on any atom is 0.0642 e. The molecule has 0 fully saturated rings. The minimum Gasteiger partial charge on any atom is -0.381 e. The largest absolute Gasteiger partial charge is 0.381 e. The zero-order valence-corrected chi connectivity index (χ0v) is 12.1. The van der Waals surface area contributed by atoms with Gasteiger partial charge in [-0.25, -0.2) is 0 Å². The highest BCUT2D eigenvalue weighted by atomic mass is 35.5. The lowest BCUT2D eigenvalue weighted by molar-refractivity contribution is 1.15. The Morgan fingerprint density at radius 2 is 1.78 bits per heavy atom. The van der Waals surface area contributed by atoms with E-state index in [1.54, 1.807) is 6.07 Å². The van der Waals surface area contributed by atoms with Crippen molar-refractivity contribution in [2.45, 2.75) is 13.5 Å². The molecule has 2 aromatic rings. The van der Waals surface area contributed by atoms with Crippen molar-refractivity contribution in [3.05, 3.63) is 62.6 Å². The van der Waals surface area contributed by atoms with Crippen LogP contribution in [0, 0.1) is 6.92 Å². The van der Waals surface area contributed by atoms with E-state index >= 15 is 0 Å². The lowest BCUT2D eigenvalue weighted by Gasteiger charge is -2.10. The van der Waals surface area contributed by atoms with Crippen LogP contribution in [-0.4, -0.2) is 0 Å². The highest BCUT2D eigenvalue weighted by Crippen LogP contribution is 2.26. The second kappa shape index (κ2) is 5.83. The first-order chi connectivity index (χ1) is 8.58. The summed E-state index contributed by atoms with van der Waals surface area (Å²) < 4.78 is 0. The summed E-state index contributed by atoms with van der Waals surface area (Å²) in [6.45, 7) is 2.58. The van der Waals surface area contributed by atoms with Gasteiger partial charge in [-0.15, -0.1) is 0 Å². The monoisotopic (exact) mass is 299 g/mol. The summed E-state index contributed by atoms with van der Waals surface area (Å²) in [5.41, 5.74) is 2.98. The zero-order chi connectivity index (χ0) is 13.1. The van der Waals surface area contributed by atoms with Crippen LogP contribution in [0.3, 0.4) is 0 Å². The minimum atomic E-state index is 0.568. The van der Waals surface area contributed by atoms with Gasteiger partial charge >= 0.3 is 0 Å². The average molecular weight is 301 g/mol. The summed E-state index contributed by atoms with van der Waals surface area (Å²) >= 11 is 18.1. The maximum atomic E-state index is 6.12. The number of anilines is 1. The maximum absolute atomic E-state index is 6.12. The lowest BCUT2D eigenvalue weighted by Crippen LogP contribution is -2.00. The van der Waals surface area contributed by atoms with Crippen molar-refractivity contribution < 1.29 is 0 Å². The van der Waals surface area contributed by atoms with E-state index in [4.69, 9.17) is 34.8 Å². The number of nitrogens with one attached hydrogen (secondary N) is 1. The third-order valence-corrected chi connectivity index (χ3v) is 3.95. The van der Waals surface area contributed by atoms with Gasteiger partial charge in [0.15, 0.2) is 0 Å². The fraction of sp³-hybridized carbons (Fsp3) is 0.143. The van der Waals surface area contributed by atoms with E-state index in [-0.39, 0.29) is 0 Å². The number of rotatable bonds is 3. The predicted octanol–water partition coefficient (Wildman–Crippen LogP) is 5.57. The molecule has 0 bridgehead atoms. The Kier molecular flexibility index (Phi) is 4.39. The molecule has 0 amide bonds. The van der Waals surface area contributed by atoms with Gasteiger partial charge in [0.1, 0.15) is 0 Å². The number of aryl methyl sites for hydroxylation is 1. The third kappa shape index (κ3) is 3.11.